The summed E-state index contributed by atoms with van der Waals surface area (Å²) in [4.78, 5) is 0. The highest BCUT2D eigenvalue weighted by atomic mass is 16.5. The first kappa shape index (κ1) is 7.66. The average Bonchev–Trinajstić information content (AvgIpc) is 2.17. The Bertz CT molecular complexity index is 264. The van der Waals surface area contributed by atoms with Gasteiger partial charge in [0.1, 0.15) is 5.75 Å². The van der Waals surface area contributed by atoms with Crippen LogP contribution in [0.15, 0.2) is 18.2 Å². The van der Waals surface area contributed by atoms with Gasteiger partial charge in [-0.05, 0) is 42.9 Å². The highest BCUT2D eigenvalue weighted by molar-refractivity contribution is 5.45. The number of benzene rings is 1. The molecule has 1 aliphatic carbocycles. The summed E-state index contributed by atoms with van der Waals surface area (Å²) < 4.78 is 5.29. The minimum Gasteiger partial charge on any atom is -0.496 e. The van der Waals surface area contributed by atoms with E-state index in [0.717, 1.165) is 12.2 Å². The van der Waals surface area contributed by atoms with Crippen molar-refractivity contribution < 1.29 is 4.74 Å². The molecule has 0 aliphatic heterocycles. The Morgan fingerprint density at radius 1 is 1.33 bits per heavy atom. The highest BCUT2D eigenvalue weighted by Crippen LogP contribution is 2.29. The van der Waals surface area contributed by atoms with Crippen molar-refractivity contribution in [3.8, 4) is 5.75 Å². The second kappa shape index (κ2) is 3.18. The van der Waals surface area contributed by atoms with E-state index in [0.29, 0.717) is 0 Å². The fourth-order valence-electron chi connectivity index (χ4n) is 1.77. The van der Waals surface area contributed by atoms with Crippen LogP contribution in [0.25, 0.3) is 0 Å². The van der Waals surface area contributed by atoms with E-state index in [9.17, 15) is 0 Å². The molecule has 12 heavy (non-hydrogen) atoms. The molecule has 0 N–H and O–H groups in total. The van der Waals surface area contributed by atoms with E-state index >= 15 is 0 Å². The van der Waals surface area contributed by atoms with Gasteiger partial charge in [-0.15, -0.1) is 0 Å². The van der Waals surface area contributed by atoms with Crippen LogP contribution >= 0.6 is 0 Å². The van der Waals surface area contributed by atoms with Crippen LogP contribution in [-0.4, -0.2) is 7.11 Å². The Hall–Kier alpha value is -0.980. The van der Waals surface area contributed by atoms with Crippen LogP contribution < -0.4 is 4.74 Å². The summed E-state index contributed by atoms with van der Waals surface area (Å²) in [6, 6.07) is 6.26. The first-order valence-corrected chi connectivity index (χ1v) is 4.41. The molecule has 1 aromatic carbocycles. The monoisotopic (exact) mass is 161 g/mol. The molecule has 0 aromatic heterocycles. The largest absolute Gasteiger partial charge is 0.496 e. The van der Waals surface area contributed by atoms with Crippen molar-refractivity contribution in [1.29, 1.82) is 0 Å². The fraction of sp³-hybridized carbons (Fsp3) is 0.364. The van der Waals surface area contributed by atoms with Crippen molar-refractivity contribution in [3.63, 3.8) is 0 Å². The molecule has 0 unspecified atom stereocenters. The van der Waals surface area contributed by atoms with Crippen molar-refractivity contribution >= 4 is 0 Å². The third kappa shape index (κ3) is 1.20. The van der Waals surface area contributed by atoms with E-state index < -0.39 is 0 Å². The standard InChI is InChI=1S/C11H13O/c1-12-11-8-4-6-9-5-2-3-7-10(9)11/h4-6,8H,2-3,7H2,1H3. The lowest BCUT2D eigenvalue weighted by Crippen LogP contribution is -2.02. The first-order chi connectivity index (χ1) is 5.92. The predicted molar refractivity (Wildman–Crippen MR) is 49.3 cm³/mol. The molecule has 1 aromatic rings. The van der Waals surface area contributed by atoms with E-state index in [2.05, 4.69) is 18.6 Å². The zero-order valence-corrected chi connectivity index (χ0v) is 7.34. The van der Waals surface area contributed by atoms with Gasteiger partial charge in [-0.25, -0.2) is 0 Å². The summed E-state index contributed by atoms with van der Waals surface area (Å²) >= 11 is 0. The van der Waals surface area contributed by atoms with Crippen LogP contribution in [0.4, 0.5) is 0 Å². The number of hydrogen-bond donors (Lipinski definition) is 0. The summed E-state index contributed by atoms with van der Waals surface area (Å²) in [6.45, 7) is 0. The Labute approximate surface area is 73.4 Å². The smallest absolute Gasteiger partial charge is 0.122 e. The molecular formula is C11H13O. The second-order valence-electron chi connectivity index (χ2n) is 3.12. The van der Waals surface area contributed by atoms with Gasteiger partial charge in [0.15, 0.2) is 0 Å². The quantitative estimate of drug-likeness (QED) is 0.615. The molecule has 1 aliphatic rings. The molecule has 2 rings (SSSR count). The fourth-order valence-corrected chi connectivity index (χ4v) is 1.77. The summed E-state index contributed by atoms with van der Waals surface area (Å²) in [5, 5.41) is 0. The Morgan fingerprint density at radius 2 is 2.25 bits per heavy atom. The maximum Gasteiger partial charge on any atom is 0.122 e. The lowest BCUT2D eigenvalue weighted by molar-refractivity contribution is 0.407. The van der Waals surface area contributed by atoms with Gasteiger partial charge >= 0.3 is 0 Å². The molecule has 0 bridgehead atoms. The molecule has 63 valence electrons. The lowest BCUT2D eigenvalue weighted by Gasteiger charge is -2.17. The molecule has 0 spiro atoms. The van der Waals surface area contributed by atoms with E-state index in [1.807, 2.05) is 6.07 Å². The maximum atomic E-state index is 5.29. The Kier molecular flexibility index (Phi) is 2.03. The van der Waals surface area contributed by atoms with Crippen molar-refractivity contribution in [2.45, 2.75) is 19.3 Å². The van der Waals surface area contributed by atoms with E-state index in [1.165, 1.54) is 24.0 Å². The lowest BCUT2D eigenvalue weighted by atomic mass is 9.91. The summed E-state index contributed by atoms with van der Waals surface area (Å²) in [7, 11) is 1.74. The van der Waals surface area contributed by atoms with Crippen molar-refractivity contribution in [2.75, 3.05) is 7.11 Å². The van der Waals surface area contributed by atoms with Crippen molar-refractivity contribution in [2.24, 2.45) is 0 Å². The average molecular weight is 161 g/mol. The third-order valence-electron chi connectivity index (χ3n) is 2.38. The maximum absolute atomic E-state index is 5.29. The molecular weight excluding hydrogens is 148 g/mol. The van der Waals surface area contributed by atoms with Crippen LogP contribution in [0, 0.1) is 6.42 Å². The number of hydrogen-bond acceptors (Lipinski definition) is 1. The summed E-state index contributed by atoms with van der Waals surface area (Å²) in [5.41, 5.74) is 2.74. The van der Waals surface area contributed by atoms with Crippen LogP contribution in [0.3, 0.4) is 0 Å². The Morgan fingerprint density at radius 3 is 3.08 bits per heavy atom. The summed E-state index contributed by atoms with van der Waals surface area (Å²) in [6.07, 6.45) is 5.92. The molecule has 0 heterocycles. The van der Waals surface area contributed by atoms with Crippen molar-refractivity contribution in [3.05, 3.63) is 35.7 Å². The van der Waals surface area contributed by atoms with E-state index in [4.69, 9.17) is 4.74 Å². The summed E-state index contributed by atoms with van der Waals surface area (Å²) in [5.74, 6) is 1.04. The van der Waals surface area contributed by atoms with Gasteiger partial charge in [0.05, 0.1) is 7.11 Å². The number of ether oxygens (including phenoxy) is 1. The third-order valence-corrected chi connectivity index (χ3v) is 2.38. The van der Waals surface area contributed by atoms with Gasteiger partial charge in [-0.2, -0.15) is 0 Å². The van der Waals surface area contributed by atoms with Crippen LogP contribution in [-0.2, 0) is 6.42 Å². The minimum atomic E-state index is 1.04. The van der Waals surface area contributed by atoms with Gasteiger partial charge in [-0.3, -0.25) is 0 Å². The molecule has 0 amide bonds. The molecule has 0 saturated carbocycles. The van der Waals surface area contributed by atoms with E-state index in [1.54, 1.807) is 7.11 Å². The van der Waals surface area contributed by atoms with Gasteiger partial charge in [-0.1, -0.05) is 12.1 Å². The van der Waals surface area contributed by atoms with Gasteiger partial charge in [0, 0.05) is 0 Å². The van der Waals surface area contributed by atoms with Crippen LogP contribution in [0.1, 0.15) is 24.0 Å². The molecule has 0 saturated heterocycles. The topological polar surface area (TPSA) is 9.23 Å². The van der Waals surface area contributed by atoms with E-state index in [-0.39, 0.29) is 0 Å². The molecule has 1 heteroatoms. The molecule has 1 radical (unpaired) electrons. The van der Waals surface area contributed by atoms with Crippen molar-refractivity contribution in [1.82, 2.24) is 0 Å². The second-order valence-corrected chi connectivity index (χ2v) is 3.12. The van der Waals surface area contributed by atoms with Gasteiger partial charge in [0.2, 0.25) is 0 Å². The SMILES string of the molecule is COc1cccc2c1CCC[CH]2. The molecule has 0 atom stereocenters. The molecule has 0 fully saturated rings. The minimum absolute atomic E-state index is 1.04. The number of rotatable bonds is 1. The predicted octanol–water partition coefficient (Wildman–Crippen LogP) is 2.58. The number of methoxy groups -OCH3 is 1. The Balaban J connectivity index is 2.44. The first-order valence-electron chi connectivity index (χ1n) is 4.41. The van der Waals surface area contributed by atoms with Crippen LogP contribution in [0.5, 0.6) is 5.75 Å². The highest BCUT2D eigenvalue weighted by Gasteiger charge is 2.12. The van der Waals surface area contributed by atoms with Crippen LogP contribution in [0.2, 0.25) is 0 Å². The molecule has 1 nitrogen and oxygen atoms in total. The van der Waals surface area contributed by atoms with Gasteiger partial charge in [0.25, 0.3) is 0 Å². The van der Waals surface area contributed by atoms with Gasteiger partial charge < -0.3 is 4.74 Å². The zero-order valence-electron chi connectivity index (χ0n) is 7.34. The number of fused-ring (bicyclic) bond motifs is 1. The zero-order chi connectivity index (χ0) is 8.39. The normalized spacial score (nSPS) is 15.4.